The summed E-state index contributed by atoms with van der Waals surface area (Å²) in [7, 11) is 4.20. The molecule has 0 bridgehead atoms. The van der Waals surface area contributed by atoms with Gasteiger partial charge in [0.05, 0.1) is 6.54 Å². The van der Waals surface area contributed by atoms with Crippen molar-refractivity contribution in [3.63, 3.8) is 0 Å². The van der Waals surface area contributed by atoms with Gasteiger partial charge in [0.1, 0.15) is 12.2 Å². The van der Waals surface area contributed by atoms with Gasteiger partial charge in [-0.2, -0.15) is 5.10 Å². The van der Waals surface area contributed by atoms with Gasteiger partial charge in [-0.25, -0.2) is 9.67 Å². The first-order valence-electron chi connectivity index (χ1n) is 6.27. The molecule has 1 aromatic heterocycles. The van der Waals surface area contributed by atoms with Crippen LogP contribution in [0.3, 0.4) is 0 Å². The zero-order valence-corrected chi connectivity index (χ0v) is 11.6. The van der Waals surface area contributed by atoms with Crippen LogP contribution in [0.5, 0.6) is 0 Å². The minimum absolute atomic E-state index is 0.367. The van der Waals surface area contributed by atoms with Crippen LogP contribution in [0, 0.1) is 0 Å². The summed E-state index contributed by atoms with van der Waals surface area (Å²) in [6.45, 7) is 8.33. The van der Waals surface area contributed by atoms with Gasteiger partial charge in [0.15, 0.2) is 0 Å². The highest BCUT2D eigenvalue weighted by atomic mass is 15.4. The lowest BCUT2D eigenvalue weighted by molar-refractivity contribution is 0.362. The number of hydrogen-bond donors (Lipinski definition) is 1. The molecule has 5 heteroatoms. The van der Waals surface area contributed by atoms with E-state index in [4.69, 9.17) is 0 Å². The van der Waals surface area contributed by atoms with Crippen LogP contribution < -0.4 is 5.32 Å². The molecule has 1 unspecified atom stereocenters. The number of nitrogens with zero attached hydrogens (tertiary/aromatic N) is 4. The second kappa shape index (κ2) is 6.71. The van der Waals surface area contributed by atoms with Crippen molar-refractivity contribution in [3.05, 3.63) is 12.2 Å². The molecule has 0 fully saturated rings. The molecule has 0 aliphatic heterocycles. The Labute approximate surface area is 104 Å². The van der Waals surface area contributed by atoms with Crippen LogP contribution in [-0.2, 0) is 6.54 Å². The second-order valence-electron chi connectivity index (χ2n) is 5.09. The predicted molar refractivity (Wildman–Crippen MR) is 69.9 cm³/mol. The van der Waals surface area contributed by atoms with E-state index in [2.05, 4.69) is 55.2 Å². The molecule has 1 heterocycles. The first kappa shape index (κ1) is 14.1. The van der Waals surface area contributed by atoms with Gasteiger partial charge in [-0.1, -0.05) is 0 Å². The number of hydrogen-bond acceptors (Lipinski definition) is 4. The van der Waals surface area contributed by atoms with Crippen LogP contribution in [0.1, 0.15) is 39.1 Å². The predicted octanol–water partition coefficient (Wildman–Crippen LogP) is 1.29. The third kappa shape index (κ3) is 4.83. The van der Waals surface area contributed by atoms with Crippen LogP contribution in [0.2, 0.25) is 0 Å². The van der Waals surface area contributed by atoms with Crippen molar-refractivity contribution in [3.8, 4) is 0 Å². The highest BCUT2D eigenvalue weighted by Gasteiger charge is 2.09. The van der Waals surface area contributed by atoms with Gasteiger partial charge in [-0.15, -0.1) is 0 Å². The summed E-state index contributed by atoms with van der Waals surface area (Å²) < 4.78 is 1.96. The van der Waals surface area contributed by atoms with Crippen molar-refractivity contribution in [1.82, 2.24) is 25.0 Å². The summed E-state index contributed by atoms with van der Waals surface area (Å²) in [5.41, 5.74) is 0. The zero-order chi connectivity index (χ0) is 12.8. The Morgan fingerprint density at radius 3 is 2.65 bits per heavy atom. The van der Waals surface area contributed by atoms with E-state index >= 15 is 0 Å². The molecule has 1 N–H and O–H groups in total. The molecule has 0 radical (unpaired) electrons. The van der Waals surface area contributed by atoms with E-state index in [1.165, 1.54) is 0 Å². The first-order chi connectivity index (χ1) is 8.00. The van der Waals surface area contributed by atoms with E-state index in [9.17, 15) is 0 Å². The maximum Gasteiger partial charge on any atom is 0.141 e. The highest BCUT2D eigenvalue weighted by Crippen LogP contribution is 2.05. The summed E-state index contributed by atoms with van der Waals surface area (Å²) in [6, 6.07) is 0.862. The average Bonchev–Trinajstić information content (AvgIpc) is 2.71. The molecule has 1 rings (SSSR count). The van der Waals surface area contributed by atoms with Crippen molar-refractivity contribution in [2.24, 2.45) is 0 Å². The van der Waals surface area contributed by atoms with Gasteiger partial charge in [-0.3, -0.25) is 0 Å². The SMILES string of the molecule is CC(CCN(C)C)NCc1ncnn1C(C)C. The van der Waals surface area contributed by atoms with Crippen molar-refractivity contribution < 1.29 is 0 Å². The molecule has 17 heavy (non-hydrogen) atoms. The molecule has 0 saturated heterocycles. The second-order valence-corrected chi connectivity index (χ2v) is 5.09. The summed E-state index contributed by atoms with van der Waals surface area (Å²) >= 11 is 0. The fourth-order valence-corrected chi connectivity index (χ4v) is 1.65. The first-order valence-corrected chi connectivity index (χ1v) is 6.27. The van der Waals surface area contributed by atoms with Gasteiger partial charge < -0.3 is 10.2 Å². The van der Waals surface area contributed by atoms with Crippen LogP contribution >= 0.6 is 0 Å². The Morgan fingerprint density at radius 1 is 1.35 bits per heavy atom. The molecule has 0 aromatic carbocycles. The fourth-order valence-electron chi connectivity index (χ4n) is 1.65. The maximum absolute atomic E-state index is 4.28. The molecular formula is C12H25N5. The summed E-state index contributed by atoms with van der Waals surface area (Å²) in [4.78, 5) is 6.49. The highest BCUT2D eigenvalue weighted by molar-refractivity contribution is 4.86. The van der Waals surface area contributed by atoms with Crippen LogP contribution in [-0.4, -0.2) is 46.3 Å². The Morgan fingerprint density at radius 2 is 2.06 bits per heavy atom. The molecule has 1 aromatic rings. The summed E-state index contributed by atoms with van der Waals surface area (Å²) in [5.74, 6) is 1.01. The van der Waals surface area contributed by atoms with E-state index in [1.807, 2.05) is 4.68 Å². The Hall–Kier alpha value is -0.940. The van der Waals surface area contributed by atoms with Crippen LogP contribution in [0.25, 0.3) is 0 Å². The van der Waals surface area contributed by atoms with Crippen molar-refractivity contribution in [2.75, 3.05) is 20.6 Å². The molecule has 0 aliphatic carbocycles. The monoisotopic (exact) mass is 239 g/mol. The molecule has 0 spiro atoms. The van der Waals surface area contributed by atoms with E-state index in [0.29, 0.717) is 12.1 Å². The molecule has 1 atom stereocenters. The average molecular weight is 239 g/mol. The molecule has 0 aliphatic rings. The largest absolute Gasteiger partial charge is 0.309 e. The third-order valence-electron chi connectivity index (χ3n) is 2.75. The maximum atomic E-state index is 4.28. The van der Waals surface area contributed by atoms with Crippen molar-refractivity contribution >= 4 is 0 Å². The van der Waals surface area contributed by atoms with Gasteiger partial charge in [-0.05, 0) is 47.8 Å². The minimum atomic E-state index is 0.367. The van der Waals surface area contributed by atoms with Gasteiger partial charge >= 0.3 is 0 Å². The lowest BCUT2D eigenvalue weighted by atomic mass is 10.2. The molecule has 5 nitrogen and oxygen atoms in total. The van der Waals surface area contributed by atoms with Crippen molar-refractivity contribution in [2.45, 2.75) is 45.8 Å². The smallest absolute Gasteiger partial charge is 0.141 e. The zero-order valence-electron chi connectivity index (χ0n) is 11.6. The van der Waals surface area contributed by atoms with E-state index < -0.39 is 0 Å². The lowest BCUT2D eigenvalue weighted by Gasteiger charge is -2.17. The Bertz CT molecular complexity index is 318. The number of aromatic nitrogens is 3. The quantitative estimate of drug-likeness (QED) is 0.779. The standard InChI is InChI=1S/C12H25N5/c1-10(2)17-12(14-9-15-17)8-13-11(3)6-7-16(4)5/h9-11,13H,6-8H2,1-5H3. The van der Waals surface area contributed by atoms with Gasteiger partial charge in [0, 0.05) is 12.1 Å². The Balaban J connectivity index is 2.36. The molecular weight excluding hydrogens is 214 g/mol. The summed E-state index contributed by atoms with van der Waals surface area (Å²) in [5, 5.41) is 7.71. The van der Waals surface area contributed by atoms with Crippen LogP contribution in [0.4, 0.5) is 0 Å². The topological polar surface area (TPSA) is 46.0 Å². The van der Waals surface area contributed by atoms with Crippen molar-refractivity contribution in [1.29, 1.82) is 0 Å². The van der Waals surface area contributed by atoms with Gasteiger partial charge in [0.2, 0.25) is 0 Å². The molecule has 0 amide bonds. The molecule has 0 saturated carbocycles. The number of rotatable bonds is 7. The molecule has 98 valence electrons. The van der Waals surface area contributed by atoms with Gasteiger partial charge in [0.25, 0.3) is 0 Å². The lowest BCUT2D eigenvalue weighted by Crippen LogP contribution is -2.30. The van der Waals surface area contributed by atoms with E-state index in [-0.39, 0.29) is 0 Å². The van der Waals surface area contributed by atoms with E-state index in [0.717, 1.165) is 25.3 Å². The normalized spacial score (nSPS) is 13.6. The Kier molecular flexibility index (Phi) is 5.58. The van der Waals surface area contributed by atoms with Crippen LogP contribution in [0.15, 0.2) is 6.33 Å². The third-order valence-corrected chi connectivity index (χ3v) is 2.75. The summed E-state index contributed by atoms with van der Waals surface area (Å²) in [6.07, 6.45) is 2.77. The minimum Gasteiger partial charge on any atom is -0.309 e. The number of nitrogens with one attached hydrogen (secondary N) is 1. The fraction of sp³-hybridized carbons (Fsp3) is 0.833. The van der Waals surface area contributed by atoms with E-state index in [1.54, 1.807) is 6.33 Å².